The topological polar surface area (TPSA) is 46.5 Å². The lowest BCUT2D eigenvalue weighted by molar-refractivity contribution is -0.145. The van der Waals surface area contributed by atoms with Crippen LogP contribution in [0.3, 0.4) is 0 Å². The number of carbonyl (C=O) groups is 1. The van der Waals surface area contributed by atoms with Gasteiger partial charge in [0.05, 0.1) is 6.10 Å². The number of carbonyl (C=O) groups excluding carboxylic acids is 1. The Balaban J connectivity index is 2.09. The lowest BCUT2D eigenvalue weighted by Gasteiger charge is -2.16. The third-order valence-corrected chi connectivity index (χ3v) is 2.70. The molecule has 3 heteroatoms. The normalized spacial score (nSPS) is 23.6. The van der Waals surface area contributed by atoms with Gasteiger partial charge in [-0.2, -0.15) is 0 Å². The summed E-state index contributed by atoms with van der Waals surface area (Å²) in [7, 11) is 0. The predicted octanol–water partition coefficient (Wildman–Crippen LogP) is 2.02. The molecule has 0 aromatic rings. The van der Waals surface area contributed by atoms with Gasteiger partial charge in [-0.05, 0) is 12.8 Å². The van der Waals surface area contributed by atoms with Crippen molar-refractivity contribution >= 4 is 5.97 Å². The van der Waals surface area contributed by atoms with Gasteiger partial charge in [-0.1, -0.05) is 32.6 Å². The van der Waals surface area contributed by atoms with Crippen molar-refractivity contribution in [3.8, 4) is 0 Å². The van der Waals surface area contributed by atoms with E-state index in [1.165, 1.54) is 12.8 Å². The molecule has 0 amide bonds. The summed E-state index contributed by atoms with van der Waals surface area (Å²) in [6, 6.07) is 0. The van der Waals surface area contributed by atoms with Crippen LogP contribution in [0.15, 0.2) is 0 Å². The van der Waals surface area contributed by atoms with E-state index in [9.17, 15) is 9.90 Å². The molecule has 0 aliphatic carbocycles. The van der Waals surface area contributed by atoms with E-state index < -0.39 is 6.10 Å². The van der Waals surface area contributed by atoms with Crippen molar-refractivity contribution in [2.45, 2.75) is 64.1 Å². The Morgan fingerprint density at radius 2 is 2.29 bits per heavy atom. The first-order valence-electron chi connectivity index (χ1n) is 5.61. The summed E-state index contributed by atoms with van der Waals surface area (Å²) in [5.41, 5.74) is 0. The number of aliphatic hydroxyl groups is 1. The molecule has 0 aromatic heterocycles. The van der Waals surface area contributed by atoms with Gasteiger partial charge in [0.15, 0.2) is 0 Å². The second-order valence-corrected chi connectivity index (χ2v) is 3.98. The van der Waals surface area contributed by atoms with Crippen LogP contribution in [-0.2, 0) is 9.53 Å². The fraction of sp³-hybridized carbons (Fsp3) is 0.909. The maximum absolute atomic E-state index is 10.8. The summed E-state index contributed by atoms with van der Waals surface area (Å²) >= 11 is 0. The van der Waals surface area contributed by atoms with Crippen molar-refractivity contribution in [1.29, 1.82) is 0 Å². The summed E-state index contributed by atoms with van der Waals surface area (Å²) in [6.45, 7) is 2.16. The van der Waals surface area contributed by atoms with E-state index in [2.05, 4.69) is 6.92 Å². The average molecular weight is 200 g/mol. The minimum absolute atomic E-state index is 0.164. The zero-order valence-electron chi connectivity index (χ0n) is 8.87. The monoisotopic (exact) mass is 200 g/mol. The highest BCUT2D eigenvalue weighted by molar-refractivity contribution is 5.71. The molecule has 0 unspecified atom stereocenters. The molecule has 2 atom stereocenters. The third kappa shape index (κ3) is 3.66. The number of hydrogen-bond acceptors (Lipinski definition) is 3. The number of esters is 1. The lowest BCUT2D eigenvalue weighted by atomic mass is 10.0. The van der Waals surface area contributed by atoms with Crippen molar-refractivity contribution in [2.75, 3.05) is 0 Å². The van der Waals surface area contributed by atoms with Gasteiger partial charge >= 0.3 is 5.97 Å². The van der Waals surface area contributed by atoms with Gasteiger partial charge in [0.2, 0.25) is 0 Å². The first-order chi connectivity index (χ1) is 6.74. The quantitative estimate of drug-likeness (QED) is 0.527. The smallest absolute Gasteiger partial charge is 0.306 e. The highest BCUT2D eigenvalue weighted by atomic mass is 16.6. The maximum Gasteiger partial charge on any atom is 0.306 e. The molecule has 0 spiro atoms. The van der Waals surface area contributed by atoms with E-state index in [0.29, 0.717) is 12.8 Å². The van der Waals surface area contributed by atoms with Crippen molar-refractivity contribution in [3.63, 3.8) is 0 Å². The van der Waals surface area contributed by atoms with Gasteiger partial charge in [0.1, 0.15) is 6.10 Å². The van der Waals surface area contributed by atoms with E-state index in [-0.39, 0.29) is 12.1 Å². The number of aliphatic hydroxyl groups excluding tert-OH is 1. The van der Waals surface area contributed by atoms with Crippen LogP contribution in [0, 0.1) is 0 Å². The number of unbranched alkanes of at least 4 members (excludes halogenated alkanes) is 3. The van der Waals surface area contributed by atoms with E-state index in [1.54, 1.807) is 0 Å². The molecule has 1 aliphatic heterocycles. The molecule has 0 radical (unpaired) electrons. The van der Waals surface area contributed by atoms with Crippen LogP contribution in [0.1, 0.15) is 51.9 Å². The van der Waals surface area contributed by atoms with E-state index in [4.69, 9.17) is 4.74 Å². The molecule has 1 aliphatic rings. The molecule has 1 heterocycles. The lowest BCUT2D eigenvalue weighted by Crippen LogP contribution is -2.25. The standard InChI is InChI=1S/C11H20O3/c1-2-3-4-5-6-9(12)10-7-8-11(13)14-10/h9-10,12H,2-8H2,1H3/t9-,10-/m1/s1. The van der Waals surface area contributed by atoms with Gasteiger partial charge in [0.25, 0.3) is 0 Å². The Bertz CT molecular complexity index is 179. The van der Waals surface area contributed by atoms with Crippen LogP contribution in [0.25, 0.3) is 0 Å². The van der Waals surface area contributed by atoms with Crippen LogP contribution in [0.4, 0.5) is 0 Å². The molecule has 1 N–H and O–H groups in total. The fourth-order valence-corrected chi connectivity index (χ4v) is 1.78. The number of cyclic esters (lactones) is 1. The van der Waals surface area contributed by atoms with Crippen molar-refractivity contribution in [3.05, 3.63) is 0 Å². The SMILES string of the molecule is CCCCCC[C@@H](O)[C@H]1CCC(=O)O1. The molecule has 1 rings (SSSR count). The molecule has 3 nitrogen and oxygen atoms in total. The second-order valence-electron chi connectivity index (χ2n) is 3.98. The fourth-order valence-electron chi connectivity index (χ4n) is 1.78. The number of rotatable bonds is 6. The number of ether oxygens (including phenoxy) is 1. The zero-order chi connectivity index (χ0) is 10.4. The molecular weight excluding hydrogens is 180 g/mol. The molecule has 82 valence electrons. The Kier molecular flexibility index (Phi) is 4.94. The minimum Gasteiger partial charge on any atom is -0.460 e. The van der Waals surface area contributed by atoms with Crippen molar-refractivity contribution in [1.82, 2.24) is 0 Å². The average Bonchev–Trinajstić information content (AvgIpc) is 2.59. The molecule has 1 fully saturated rings. The summed E-state index contributed by atoms with van der Waals surface area (Å²) in [4.78, 5) is 10.8. The van der Waals surface area contributed by atoms with Crippen LogP contribution >= 0.6 is 0 Å². The van der Waals surface area contributed by atoms with Gasteiger partial charge < -0.3 is 9.84 Å². The van der Waals surface area contributed by atoms with E-state index in [1.807, 2.05) is 0 Å². The van der Waals surface area contributed by atoms with Crippen LogP contribution in [-0.4, -0.2) is 23.3 Å². The molecule has 0 saturated carbocycles. The Morgan fingerprint density at radius 3 is 2.86 bits per heavy atom. The summed E-state index contributed by atoms with van der Waals surface area (Å²) in [5, 5.41) is 9.69. The highest BCUT2D eigenvalue weighted by Gasteiger charge is 2.29. The van der Waals surface area contributed by atoms with Crippen molar-refractivity contribution in [2.24, 2.45) is 0 Å². The molecule has 1 saturated heterocycles. The first kappa shape index (κ1) is 11.5. The summed E-state index contributed by atoms with van der Waals surface area (Å²) in [6.07, 6.45) is 5.85. The van der Waals surface area contributed by atoms with Crippen LogP contribution < -0.4 is 0 Å². The van der Waals surface area contributed by atoms with Gasteiger partial charge in [-0.3, -0.25) is 4.79 Å². The Hall–Kier alpha value is -0.570. The number of hydrogen-bond donors (Lipinski definition) is 1. The van der Waals surface area contributed by atoms with Crippen LogP contribution in [0.2, 0.25) is 0 Å². The largest absolute Gasteiger partial charge is 0.460 e. The Morgan fingerprint density at radius 1 is 1.50 bits per heavy atom. The molecule has 0 bridgehead atoms. The Labute approximate surface area is 85.5 Å². The highest BCUT2D eigenvalue weighted by Crippen LogP contribution is 2.20. The first-order valence-corrected chi connectivity index (χ1v) is 5.61. The maximum atomic E-state index is 10.8. The summed E-state index contributed by atoms with van der Waals surface area (Å²) in [5.74, 6) is -0.164. The molecule has 0 aromatic carbocycles. The zero-order valence-corrected chi connectivity index (χ0v) is 8.87. The van der Waals surface area contributed by atoms with Gasteiger partial charge in [-0.25, -0.2) is 0 Å². The van der Waals surface area contributed by atoms with Gasteiger partial charge in [0, 0.05) is 6.42 Å². The predicted molar refractivity (Wildman–Crippen MR) is 53.9 cm³/mol. The molecule has 14 heavy (non-hydrogen) atoms. The summed E-state index contributed by atoms with van der Waals surface area (Å²) < 4.78 is 4.99. The van der Waals surface area contributed by atoms with E-state index >= 15 is 0 Å². The van der Waals surface area contributed by atoms with Crippen LogP contribution in [0.5, 0.6) is 0 Å². The minimum atomic E-state index is -0.446. The second kappa shape index (κ2) is 6.02. The van der Waals surface area contributed by atoms with Gasteiger partial charge in [-0.15, -0.1) is 0 Å². The van der Waals surface area contributed by atoms with E-state index in [0.717, 1.165) is 19.3 Å². The third-order valence-electron chi connectivity index (χ3n) is 2.70. The van der Waals surface area contributed by atoms with Crippen molar-refractivity contribution < 1.29 is 14.6 Å². The molecular formula is C11H20O3.